The van der Waals surface area contributed by atoms with E-state index >= 15 is 0 Å². The number of carboxylic acid groups (broad SMARTS) is 1. The standard InChI is InChI=1S/C29H35O2P.BrH/c30-29(31)24-16-5-3-1-2-4-6-17-25-32(26-18-10-7-11-19-26,27-20-12-8-13-21-27)28-22-14-9-15-23-28;/h7-15,18-23H,1-6,16-17,24-25H2;1H/p+1. The van der Waals surface area contributed by atoms with Crippen molar-refractivity contribution in [3.63, 3.8) is 0 Å². The van der Waals surface area contributed by atoms with Crippen molar-refractivity contribution >= 4 is 46.1 Å². The number of unbranched alkanes of at least 4 members (excludes halogenated alkanes) is 7. The zero-order valence-electron chi connectivity index (χ0n) is 19.4. The van der Waals surface area contributed by atoms with Crippen LogP contribution in [0.5, 0.6) is 0 Å². The van der Waals surface area contributed by atoms with Crippen LogP contribution in [-0.4, -0.2) is 17.2 Å². The Hall–Kier alpha value is -1.96. The van der Waals surface area contributed by atoms with Gasteiger partial charge in [0, 0.05) is 6.42 Å². The summed E-state index contributed by atoms with van der Waals surface area (Å²) in [7, 11) is -1.69. The first-order chi connectivity index (χ1) is 15.7. The quantitative estimate of drug-likeness (QED) is 0.178. The van der Waals surface area contributed by atoms with Gasteiger partial charge in [-0.25, -0.2) is 0 Å². The van der Waals surface area contributed by atoms with Crippen LogP contribution in [0.4, 0.5) is 0 Å². The number of carboxylic acids is 1. The lowest BCUT2D eigenvalue weighted by atomic mass is 10.1. The minimum absolute atomic E-state index is 0. The molecule has 0 aliphatic carbocycles. The highest BCUT2D eigenvalue weighted by atomic mass is 79.9. The maximum atomic E-state index is 10.6. The number of benzene rings is 3. The number of hydrogen-bond acceptors (Lipinski definition) is 1. The van der Waals surface area contributed by atoms with Crippen molar-refractivity contribution in [1.82, 2.24) is 0 Å². The van der Waals surface area contributed by atoms with Gasteiger partial charge in [-0.05, 0) is 55.7 Å². The van der Waals surface area contributed by atoms with E-state index in [1.54, 1.807) is 0 Å². The van der Waals surface area contributed by atoms with Gasteiger partial charge in [-0.1, -0.05) is 86.7 Å². The summed E-state index contributed by atoms with van der Waals surface area (Å²) < 4.78 is 0. The average Bonchev–Trinajstić information content (AvgIpc) is 2.84. The number of aliphatic carboxylic acids is 1. The molecule has 0 aliphatic heterocycles. The molecule has 0 saturated heterocycles. The molecule has 3 rings (SSSR count). The van der Waals surface area contributed by atoms with Crippen LogP contribution in [0.1, 0.15) is 57.8 Å². The summed E-state index contributed by atoms with van der Waals surface area (Å²) in [6.45, 7) is 0. The zero-order chi connectivity index (χ0) is 22.5. The predicted octanol–water partition coefficient (Wildman–Crippen LogP) is 7.15. The summed E-state index contributed by atoms with van der Waals surface area (Å²) in [6.07, 6.45) is 10.7. The van der Waals surface area contributed by atoms with Gasteiger partial charge in [-0.3, -0.25) is 4.79 Å². The Morgan fingerprint density at radius 2 is 0.879 bits per heavy atom. The number of carbonyl (C=O) groups is 1. The van der Waals surface area contributed by atoms with Crippen molar-refractivity contribution in [2.45, 2.75) is 57.8 Å². The van der Waals surface area contributed by atoms with Crippen LogP contribution in [0.25, 0.3) is 0 Å². The monoisotopic (exact) mass is 527 g/mol. The largest absolute Gasteiger partial charge is 0.481 e. The van der Waals surface area contributed by atoms with Gasteiger partial charge in [0.2, 0.25) is 0 Å². The molecular formula is C29H37BrO2P+. The van der Waals surface area contributed by atoms with Gasteiger partial charge in [-0.2, -0.15) is 0 Å². The smallest absolute Gasteiger partial charge is 0.303 e. The average molecular weight is 528 g/mol. The van der Waals surface area contributed by atoms with Crippen molar-refractivity contribution in [2.24, 2.45) is 0 Å². The molecule has 0 heterocycles. The second kappa shape index (κ2) is 15.0. The third kappa shape index (κ3) is 8.09. The summed E-state index contributed by atoms with van der Waals surface area (Å²) in [6, 6.07) is 33.4. The maximum absolute atomic E-state index is 10.6. The molecule has 0 aromatic heterocycles. The molecule has 0 aliphatic rings. The molecule has 0 amide bonds. The minimum atomic E-state index is -1.69. The van der Waals surface area contributed by atoms with Gasteiger partial charge >= 0.3 is 5.97 Å². The van der Waals surface area contributed by atoms with Crippen molar-refractivity contribution in [2.75, 3.05) is 6.16 Å². The molecule has 0 radical (unpaired) electrons. The van der Waals surface area contributed by atoms with Gasteiger partial charge in [0.05, 0.1) is 6.16 Å². The van der Waals surface area contributed by atoms with Crippen LogP contribution in [0.2, 0.25) is 0 Å². The van der Waals surface area contributed by atoms with Crippen molar-refractivity contribution < 1.29 is 9.90 Å². The van der Waals surface area contributed by atoms with E-state index in [1.807, 2.05) is 0 Å². The van der Waals surface area contributed by atoms with Crippen molar-refractivity contribution in [3.8, 4) is 0 Å². The first kappa shape index (κ1) is 27.3. The van der Waals surface area contributed by atoms with Gasteiger partial charge < -0.3 is 5.11 Å². The molecule has 0 saturated carbocycles. The van der Waals surface area contributed by atoms with E-state index in [0.29, 0.717) is 6.42 Å². The molecule has 0 spiro atoms. The third-order valence-electron chi connectivity index (χ3n) is 6.23. The van der Waals surface area contributed by atoms with Crippen LogP contribution in [-0.2, 0) is 4.79 Å². The van der Waals surface area contributed by atoms with Gasteiger partial charge in [-0.15, -0.1) is 17.0 Å². The maximum Gasteiger partial charge on any atom is 0.303 e. The van der Waals surface area contributed by atoms with Crippen LogP contribution in [0.3, 0.4) is 0 Å². The van der Waals surface area contributed by atoms with Gasteiger partial charge in [0.15, 0.2) is 0 Å². The highest BCUT2D eigenvalue weighted by molar-refractivity contribution is 8.93. The van der Waals surface area contributed by atoms with E-state index in [1.165, 1.54) is 54.2 Å². The van der Waals surface area contributed by atoms with Crippen molar-refractivity contribution in [3.05, 3.63) is 91.0 Å². The molecule has 2 nitrogen and oxygen atoms in total. The van der Waals surface area contributed by atoms with Crippen LogP contribution < -0.4 is 15.9 Å². The lowest BCUT2D eigenvalue weighted by Crippen LogP contribution is -2.33. The second-order valence-corrected chi connectivity index (χ2v) is 12.1. The Balaban J connectivity index is 0.00000385. The minimum Gasteiger partial charge on any atom is -0.481 e. The fraction of sp³-hybridized carbons (Fsp3) is 0.345. The van der Waals surface area contributed by atoms with Crippen LogP contribution in [0, 0.1) is 0 Å². The zero-order valence-corrected chi connectivity index (χ0v) is 22.0. The van der Waals surface area contributed by atoms with Crippen molar-refractivity contribution in [1.29, 1.82) is 0 Å². The summed E-state index contributed by atoms with van der Waals surface area (Å²) in [5, 5.41) is 13.1. The first-order valence-electron chi connectivity index (χ1n) is 12.0. The molecule has 0 bridgehead atoms. The first-order valence-corrected chi connectivity index (χ1v) is 14.0. The molecule has 0 atom stereocenters. The van der Waals surface area contributed by atoms with E-state index in [-0.39, 0.29) is 17.0 Å². The molecule has 3 aromatic carbocycles. The fourth-order valence-corrected chi connectivity index (χ4v) is 8.98. The third-order valence-corrected chi connectivity index (χ3v) is 10.8. The Bertz CT molecular complexity index is 819. The molecule has 4 heteroatoms. The molecule has 0 fully saturated rings. The van der Waals surface area contributed by atoms with E-state index < -0.39 is 13.2 Å². The summed E-state index contributed by atoms with van der Waals surface area (Å²) >= 11 is 0. The topological polar surface area (TPSA) is 37.3 Å². The Morgan fingerprint density at radius 3 is 1.24 bits per heavy atom. The number of rotatable bonds is 14. The molecular weight excluding hydrogens is 491 g/mol. The van der Waals surface area contributed by atoms with Gasteiger partial charge in [0.1, 0.15) is 23.2 Å². The Morgan fingerprint density at radius 1 is 0.545 bits per heavy atom. The summed E-state index contributed by atoms with van der Waals surface area (Å²) in [5.74, 6) is -0.674. The predicted molar refractivity (Wildman–Crippen MR) is 150 cm³/mol. The lowest BCUT2D eigenvalue weighted by molar-refractivity contribution is -0.137. The molecule has 176 valence electrons. The van der Waals surface area contributed by atoms with Gasteiger partial charge in [0.25, 0.3) is 0 Å². The number of hydrogen-bond donors (Lipinski definition) is 1. The number of halogens is 1. The molecule has 1 N–H and O–H groups in total. The summed E-state index contributed by atoms with van der Waals surface area (Å²) in [5.41, 5.74) is 0. The highest BCUT2D eigenvalue weighted by Gasteiger charge is 2.44. The Kier molecular flexibility index (Phi) is 12.4. The highest BCUT2D eigenvalue weighted by Crippen LogP contribution is 2.55. The summed E-state index contributed by atoms with van der Waals surface area (Å²) in [4.78, 5) is 10.6. The van der Waals surface area contributed by atoms with E-state index in [9.17, 15) is 4.79 Å². The molecule has 33 heavy (non-hydrogen) atoms. The normalized spacial score (nSPS) is 11.0. The second-order valence-electron chi connectivity index (χ2n) is 8.51. The van der Waals surface area contributed by atoms with E-state index in [0.717, 1.165) is 19.3 Å². The van der Waals surface area contributed by atoms with Crippen LogP contribution in [0.15, 0.2) is 91.0 Å². The lowest BCUT2D eigenvalue weighted by Gasteiger charge is -2.27. The molecule has 0 unspecified atom stereocenters. The SMILES string of the molecule is Br.O=C(O)CCCCCCCCCC[P+](c1ccccc1)(c1ccccc1)c1ccccc1. The van der Waals surface area contributed by atoms with E-state index in [4.69, 9.17) is 5.11 Å². The fourth-order valence-electron chi connectivity index (χ4n) is 4.57. The van der Waals surface area contributed by atoms with E-state index in [2.05, 4.69) is 91.0 Å². The Labute approximate surface area is 210 Å². The molecule has 3 aromatic rings. The van der Waals surface area contributed by atoms with Crippen LogP contribution >= 0.6 is 24.2 Å².